The van der Waals surface area contributed by atoms with Gasteiger partial charge in [-0.1, -0.05) is 24.8 Å². The fourth-order valence-corrected chi connectivity index (χ4v) is 3.95. The molecule has 2 heterocycles. The van der Waals surface area contributed by atoms with Gasteiger partial charge in [0.1, 0.15) is 0 Å². The molecule has 3 atom stereocenters. The summed E-state index contributed by atoms with van der Waals surface area (Å²) in [4.78, 5) is 11.7. The predicted molar refractivity (Wildman–Crippen MR) is 104 cm³/mol. The number of carboxylic acids is 1. The molecule has 0 aliphatic carbocycles. The lowest BCUT2D eigenvalue weighted by Gasteiger charge is -2.36. The van der Waals surface area contributed by atoms with Gasteiger partial charge < -0.3 is 20.5 Å². The Morgan fingerprint density at radius 1 is 1.31 bits per heavy atom. The van der Waals surface area contributed by atoms with Crippen LogP contribution in [0.25, 0.3) is 5.57 Å². The first-order valence-electron chi connectivity index (χ1n) is 9.38. The molecule has 1 aromatic carbocycles. The quantitative estimate of drug-likeness (QED) is 0.718. The number of benzene rings is 1. The minimum absolute atomic E-state index is 0.00440. The highest BCUT2D eigenvalue weighted by atomic mass is 16.5. The maximum Gasteiger partial charge on any atom is 0.334 e. The molecule has 0 radical (unpaired) electrons. The molecule has 0 saturated carbocycles. The fraction of sp³-hybridized carbons (Fsp3) is 0.476. The van der Waals surface area contributed by atoms with Gasteiger partial charge in [0.15, 0.2) is 0 Å². The molecule has 0 aromatic heterocycles. The van der Waals surface area contributed by atoms with Crippen LogP contribution in [0.1, 0.15) is 31.7 Å². The van der Waals surface area contributed by atoms with E-state index in [0.717, 1.165) is 55.7 Å². The van der Waals surface area contributed by atoms with Gasteiger partial charge >= 0.3 is 5.97 Å². The lowest BCUT2D eigenvalue weighted by molar-refractivity contribution is -0.134. The first-order valence-corrected chi connectivity index (χ1v) is 9.38. The fourth-order valence-electron chi connectivity index (χ4n) is 3.95. The molecule has 2 aliphatic heterocycles. The molecule has 0 amide bonds. The number of hydrogen-bond donors (Lipinski definition) is 3. The van der Waals surface area contributed by atoms with Crippen LogP contribution in [0.15, 0.2) is 42.7 Å². The van der Waals surface area contributed by atoms with Gasteiger partial charge in [-0.3, -0.25) is 0 Å². The SMILES string of the molecule is C=C1CCNCC2C(CCCNc3ccccc31)C(C(=O)O)=CO[C@H]2C. The number of para-hydroxylation sites is 1. The summed E-state index contributed by atoms with van der Waals surface area (Å²) in [6, 6.07) is 8.24. The number of carboxylic acid groups (broad SMARTS) is 1. The zero-order valence-electron chi connectivity index (χ0n) is 15.3. The topological polar surface area (TPSA) is 70.6 Å². The number of rotatable bonds is 1. The van der Waals surface area contributed by atoms with Crippen molar-refractivity contribution in [2.24, 2.45) is 11.8 Å². The molecule has 2 unspecified atom stereocenters. The Balaban J connectivity index is 1.80. The highest BCUT2D eigenvalue weighted by molar-refractivity contribution is 5.87. The maximum absolute atomic E-state index is 11.7. The van der Waals surface area contributed by atoms with E-state index in [1.807, 2.05) is 19.1 Å². The molecule has 26 heavy (non-hydrogen) atoms. The molecule has 0 spiro atoms. The van der Waals surface area contributed by atoms with Crippen LogP contribution in [0, 0.1) is 11.8 Å². The van der Waals surface area contributed by atoms with Gasteiger partial charge in [0, 0.05) is 36.2 Å². The summed E-state index contributed by atoms with van der Waals surface area (Å²) in [5, 5.41) is 16.6. The predicted octanol–water partition coefficient (Wildman–Crippen LogP) is 3.50. The monoisotopic (exact) mass is 356 g/mol. The van der Waals surface area contributed by atoms with Gasteiger partial charge in [-0.2, -0.15) is 0 Å². The molecule has 2 aliphatic rings. The molecule has 3 N–H and O–H groups in total. The molecule has 0 fully saturated rings. The Morgan fingerprint density at radius 2 is 2.12 bits per heavy atom. The van der Waals surface area contributed by atoms with Crippen molar-refractivity contribution in [3.05, 3.63) is 48.2 Å². The van der Waals surface area contributed by atoms with Crippen LogP contribution in [-0.2, 0) is 9.53 Å². The summed E-state index contributed by atoms with van der Waals surface area (Å²) in [5.74, 6) is -0.713. The third-order valence-corrected chi connectivity index (χ3v) is 5.47. The molecule has 5 heteroatoms. The molecular formula is C21H28N2O3. The second-order valence-electron chi connectivity index (χ2n) is 7.16. The van der Waals surface area contributed by atoms with E-state index in [-0.39, 0.29) is 17.9 Å². The number of fused-ring (bicyclic) bond motifs is 2. The molecular weight excluding hydrogens is 328 g/mol. The van der Waals surface area contributed by atoms with Crippen LogP contribution < -0.4 is 10.6 Å². The molecule has 1 aromatic rings. The molecule has 3 rings (SSSR count). The van der Waals surface area contributed by atoms with Gasteiger partial charge in [0.25, 0.3) is 0 Å². The van der Waals surface area contributed by atoms with Crippen molar-refractivity contribution in [2.45, 2.75) is 32.3 Å². The average Bonchev–Trinajstić information content (AvgIpc) is 2.64. The van der Waals surface area contributed by atoms with Gasteiger partial charge in [-0.25, -0.2) is 4.79 Å². The number of nitrogens with one attached hydrogen (secondary N) is 2. The largest absolute Gasteiger partial charge is 0.497 e. The van der Waals surface area contributed by atoms with Gasteiger partial charge in [-0.05, 0) is 44.4 Å². The van der Waals surface area contributed by atoms with Crippen molar-refractivity contribution >= 4 is 17.2 Å². The second kappa shape index (κ2) is 8.41. The highest BCUT2D eigenvalue weighted by Crippen LogP contribution is 2.34. The zero-order chi connectivity index (χ0) is 18.5. The first kappa shape index (κ1) is 18.5. The van der Waals surface area contributed by atoms with Gasteiger partial charge in [0.2, 0.25) is 0 Å². The van der Waals surface area contributed by atoms with Crippen LogP contribution in [0.3, 0.4) is 0 Å². The number of hydrogen-bond acceptors (Lipinski definition) is 4. The van der Waals surface area contributed by atoms with Crippen molar-refractivity contribution in [3.8, 4) is 0 Å². The van der Waals surface area contributed by atoms with E-state index in [1.165, 1.54) is 6.26 Å². The standard InChI is InChI=1S/C21H28N2O3/c1-14-9-11-22-12-18-15(2)26-13-19(21(24)25)17(18)7-5-10-23-20-8-4-3-6-16(14)20/h3-4,6,8,13,15,17-18,22-23H,1,5,7,9-12H2,2H3,(H,24,25)/t15-,17?,18?/m0/s1. The lowest BCUT2D eigenvalue weighted by atomic mass is 9.78. The van der Waals surface area contributed by atoms with E-state index >= 15 is 0 Å². The number of anilines is 1. The van der Waals surface area contributed by atoms with Crippen LogP contribution in [0.2, 0.25) is 0 Å². The van der Waals surface area contributed by atoms with Crippen molar-refractivity contribution in [3.63, 3.8) is 0 Å². The summed E-state index contributed by atoms with van der Waals surface area (Å²) in [5.41, 5.74) is 3.77. The Bertz CT molecular complexity index is 698. The van der Waals surface area contributed by atoms with Crippen LogP contribution >= 0.6 is 0 Å². The van der Waals surface area contributed by atoms with Crippen molar-refractivity contribution < 1.29 is 14.6 Å². The van der Waals surface area contributed by atoms with Crippen LogP contribution in [0.4, 0.5) is 5.69 Å². The summed E-state index contributed by atoms with van der Waals surface area (Å²) in [6.45, 7) is 8.65. The number of carbonyl (C=O) groups is 1. The van der Waals surface area contributed by atoms with Crippen LogP contribution in [-0.4, -0.2) is 36.8 Å². The zero-order valence-corrected chi connectivity index (χ0v) is 15.3. The van der Waals surface area contributed by atoms with Gasteiger partial charge in [0.05, 0.1) is 17.9 Å². The molecule has 140 valence electrons. The molecule has 5 nitrogen and oxygen atoms in total. The van der Waals surface area contributed by atoms with Crippen molar-refractivity contribution in [1.29, 1.82) is 0 Å². The van der Waals surface area contributed by atoms with Crippen molar-refractivity contribution in [1.82, 2.24) is 5.32 Å². The summed E-state index contributed by atoms with van der Waals surface area (Å²) >= 11 is 0. The Kier molecular flexibility index (Phi) is 5.99. The normalized spacial score (nSPS) is 27.2. The molecule has 0 saturated heterocycles. The smallest absolute Gasteiger partial charge is 0.334 e. The third-order valence-electron chi connectivity index (χ3n) is 5.47. The van der Waals surface area contributed by atoms with Crippen molar-refractivity contribution in [2.75, 3.05) is 25.0 Å². The minimum atomic E-state index is -0.872. The second-order valence-corrected chi connectivity index (χ2v) is 7.16. The van der Waals surface area contributed by atoms with Gasteiger partial charge in [-0.15, -0.1) is 0 Å². The average molecular weight is 356 g/mol. The third kappa shape index (κ3) is 4.10. The van der Waals surface area contributed by atoms with E-state index in [9.17, 15) is 9.90 Å². The Hall–Kier alpha value is -2.27. The van der Waals surface area contributed by atoms with E-state index in [4.69, 9.17) is 4.74 Å². The summed E-state index contributed by atoms with van der Waals surface area (Å²) in [7, 11) is 0. The molecule has 0 bridgehead atoms. The summed E-state index contributed by atoms with van der Waals surface area (Å²) < 4.78 is 5.63. The van der Waals surface area contributed by atoms with Crippen LogP contribution in [0.5, 0.6) is 0 Å². The number of aliphatic carboxylic acids is 1. The van der Waals surface area contributed by atoms with E-state index in [1.54, 1.807) is 0 Å². The Labute approximate surface area is 155 Å². The highest BCUT2D eigenvalue weighted by Gasteiger charge is 2.36. The lowest BCUT2D eigenvalue weighted by Crippen LogP contribution is -2.41. The Morgan fingerprint density at radius 3 is 2.92 bits per heavy atom. The number of ether oxygens (including phenoxy) is 1. The maximum atomic E-state index is 11.7. The minimum Gasteiger partial charge on any atom is -0.497 e. The van der Waals surface area contributed by atoms with E-state index in [0.29, 0.717) is 5.57 Å². The van der Waals surface area contributed by atoms with E-state index in [2.05, 4.69) is 29.3 Å². The van der Waals surface area contributed by atoms with E-state index < -0.39 is 5.97 Å². The summed E-state index contributed by atoms with van der Waals surface area (Å²) in [6.07, 6.45) is 4.05. The first-order chi connectivity index (χ1) is 12.6.